The summed E-state index contributed by atoms with van der Waals surface area (Å²) in [7, 11) is 0. The Hall–Kier alpha value is -0.330. The Kier molecular flexibility index (Phi) is 5.65. The highest BCUT2D eigenvalue weighted by Crippen LogP contribution is 2.23. The SMILES string of the molecule is CC(C)(C)NCC1CCCN(CC(O)C(F)(F)F)C1. The first kappa shape index (κ1) is 16.7. The van der Waals surface area contributed by atoms with E-state index in [1.165, 1.54) is 0 Å². The minimum atomic E-state index is -4.52. The van der Waals surface area contributed by atoms with Gasteiger partial charge in [0, 0.05) is 18.6 Å². The van der Waals surface area contributed by atoms with Gasteiger partial charge in [0.25, 0.3) is 0 Å². The highest BCUT2D eigenvalue weighted by Gasteiger charge is 2.39. The Bertz CT molecular complexity index is 276. The smallest absolute Gasteiger partial charge is 0.382 e. The lowest BCUT2D eigenvalue weighted by atomic mass is 9.96. The molecule has 19 heavy (non-hydrogen) atoms. The van der Waals surface area contributed by atoms with Gasteiger partial charge >= 0.3 is 6.18 Å². The topological polar surface area (TPSA) is 35.5 Å². The van der Waals surface area contributed by atoms with E-state index in [9.17, 15) is 13.2 Å². The first-order valence-electron chi connectivity index (χ1n) is 6.80. The number of nitrogens with zero attached hydrogens (tertiary/aromatic N) is 1. The van der Waals surface area contributed by atoms with Crippen molar-refractivity contribution < 1.29 is 18.3 Å². The van der Waals surface area contributed by atoms with E-state index >= 15 is 0 Å². The summed E-state index contributed by atoms with van der Waals surface area (Å²) in [4.78, 5) is 1.72. The quantitative estimate of drug-likeness (QED) is 0.828. The molecule has 0 saturated carbocycles. The number of halogens is 3. The Morgan fingerprint density at radius 2 is 1.95 bits per heavy atom. The minimum absolute atomic E-state index is 0.0216. The molecule has 1 heterocycles. The van der Waals surface area contributed by atoms with Crippen molar-refractivity contribution in [1.29, 1.82) is 0 Å². The van der Waals surface area contributed by atoms with E-state index in [0.29, 0.717) is 19.0 Å². The van der Waals surface area contributed by atoms with Gasteiger partial charge in [0.05, 0.1) is 0 Å². The molecule has 6 heteroatoms. The van der Waals surface area contributed by atoms with E-state index in [4.69, 9.17) is 5.11 Å². The average molecular weight is 282 g/mol. The molecular weight excluding hydrogens is 257 g/mol. The molecule has 0 aromatic carbocycles. The van der Waals surface area contributed by atoms with E-state index < -0.39 is 12.3 Å². The lowest BCUT2D eigenvalue weighted by Gasteiger charge is -2.35. The second kappa shape index (κ2) is 6.41. The van der Waals surface area contributed by atoms with Crippen molar-refractivity contribution in [3.8, 4) is 0 Å². The van der Waals surface area contributed by atoms with Crippen LogP contribution in [0.4, 0.5) is 13.2 Å². The number of aliphatic hydroxyl groups is 1. The molecule has 0 amide bonds. The summed E-state index contributed by atoms with van der Waals surface area (Å²) in [6.45, 7) is 7.97. The van der Waals surface area contributed by atoms with E-state index in [1.54, 1.807) is 4.90 Å². The molecule has 0 aliphatic carbocycles. The third kappa shape index (κ3) is 6.58. The van der Waals surface area contributed by atoms with Gasteiger partial charge in [-0.25, -0.2) is 0 Å². The average Bonchev–Trinajstić information content (AvgIpc) is 2.25. The van der Waals surface area contributed by atoms with Gasteiger partial charge in [0.2, 0.25) is 0 Å². The highest BCUT2D eigenvalue weighted by molar-refractivity contribution is 4.80. The molecule has 0 radical (unpaired) electrons. The summed E-state index contributed by atoms with van der Waals surface area (Å²) in [5, 5.41) is 12.5. The van der Waals surface area contributed by atoms with Crippen molar-refractivity contribution in [2.24, 2.45) is 5.92 Å². The van der Waals surface area contributed by atoms with Crippen molar-refractivity contribution in [3.63, 3.8) is 0 Å². The van der Waals surface area contributed by atoms with E-state index in [2.05, 4.69) is 26.1 Å². The number of alkyl halides is 3. The first-order chi connectivity index (χ1) is 8.58. The van der Waals surface area contributed by atoms with Crippen LogP contribution in [0.15, 0.2) is 0 Å². The summed E-state index contributed by atoms with van der Waals surface area (Å²) >= 11 is 0. The van der Waals surface area contributed by atoms with Gasteiger partial charge in [-0.1, -0.05) is 0 Å². The second-order valence-electron chi connectivity index (χ2n) is 6.46. The van der Waals surface area contributed by atoms with Crippen molar-refractivity contribution in [2.45, 2.75) is 51.4 Å². The summed E-state index contributed by atoms with van der Waals surface area (Å²) in [5.41, 5.74) is 0.0216. The highest BCUT2D eigenvalue weighted by atomic mass is 19.4. The summed E-state index contributed by atoms with van der Waals surface area (Å²) < 4.78 is 36.9. The zero-order valence-corrected chi connectivity index (χ0v) is 11.9. The molecule has 2 unspecified atom stereocenters. The molecule has 2 atom stereocenters. The number of hydrogen-bond acceptors (Lipinski definition) is 3. The Balaban J connectivity index is 2.38. The van der Waals surface area contributed by atoms with Crippen LogP contribution < -0.4 is 5.32 Å². The monoisotopic (exact) mass is 282 g/mol. The van der Waals surface area contributed by atoms with Gasteiger partial charge < -0.3 is 15.3 Å². The molecular formula is C13H25F3N2O. The zero-order chi connectivity index (χ0) is 14.7. The molecule has 3 nitrogen and oxygen atoms in total. The van der Waals surface area contributed by atoms with Crippen molar-refractivity contribution in [3.05, 3.63) is 0 Å². The van der Waals surface area contributed by atoms with Crippen LogP contribution in [0.3, 0.4) is 0 Å². The molecule has 1 aliphatic rings. The Morgan fingerprint density at radius 3 is 2.47 bits per heavy atom. The number of β-amino-alcohol motifs (C(OH)–C–C–N with tert-alkyl or cyclic N) is 1. The van der Waals surface area contributed by atoms with E-state index in [-0.39, 0.29) is 12.1 Å². The summed E-state index contributed by atoms with van der Waals surface area (Å²) in [6.07, 6.45) is -4.83. The molecule has 0 spiro atoms. The maximum Gasteiger partial charge on any atom is 0.415 e. The van der Waals surface area contributed by atoms with Crippen LogP contribution in [-0.4, -0.2) is 54.0 Å². The predicted molar refractivity (Wildman–Crippen MR) is 69.0 cm³/mol. The van der Waals surface area contributed by atoms with E-state index in [1.807, 2.05) is 0 Å². The zero-order valence-electron chi connectivity index (χ0n) is 11.9. The molecule has 0 aromatic heterocycles. The van der Waals surface area contributed by atoms with E-state index in [0.717, 1.165) is 19.4 Å². The van der Waals surface area contributed by atoms with Crippen LogP contribution in [-0.2, 0) is 0 Å². The largest absolute Gasteiger partial charge is 0.415 e. The van der Waals surface area contributed by atoms with Crippen LogP contribution in [0.2, 0.25) is 0 Å². The number of piperidine rings is 1. The maximum absolute atomic E-state index is 12.3. The molecule has 0 bridgehead atoms. The molecule has 1 fully saturated rings. The number of nitrogens with one attached hydrogen (secondary N) is 1. The molecule has 0 aromatic rings. The Morgan fingerprint density at radius 1 is 1.32 bits per heavy atom. The molecule has 2 N–H and O–H groups in total. The number of aliphatic hydroxyl groups excluding tert-OH is 1. The van der Waals surface area contributed by atoms with Crippen LogP contribution in [0.1, 0.15) is 33.6 Å². The normalized spacial score (nSPS) is 24.5. The van der Waals surface area contributed by atoms with Gasteiger partial charge in [-0.15, -0.1) is 0 Å². The van der Waals surface area contributed by atoms with Crippen molar-refractivity contribution in [2.75, 3.05) is 26.2 Å². The third-order valence-electron chi connectivity index (χ3n) is 3.33. The van der Waals surface area contributed by atoms with Crippen molar-refractivity contribution in [1.82, 2.24) is 10.2 Å². The van der Waals surface area contributed by atoms with Crippen LogP contribution in [0, 0.1) is 5.92 Å². The molecule has 1 rings (SSSR count). The van der Waals surface area contributed by atoms with Crippen molar-refractivity contribution >= 4 is 0 Å². The molecule has 1 saturated heterocycles. The molecule has 114 valence electrons. The van der Waals surface area contributed by atoms with Crippen LogP contribution >= 0.6 is 0 Å². The predicted octanol–water partition coefficient (Wildman–Crippen LogP) is 2.01. The maximum atomic E-state index is 12.3. The first-order valence-corrected chi connectivity index (χ1v) is 6.80. The second-order valence-corrected chi connectivity index (χ2v) is 6.46. The fourth-order valence-corrected chi connectivity index (χ4v) is 2.28. The Labute approximate surface area is 113 Å². The van der Waals surface area contributed by atoms with Crippen LogP contribution in [0.5, 0.6) is 0 Å². The fraction of sp³-hybridized carbons (Fsp3) is 1.00. The van der Waals surface area contributed by atoms with Gasteiger partial charge in [-0.2, -0.15) is 13.2 Å². The number of hydrogen-bond donors (Lipinski definition) is 2. The number of likely N-dealkylation sites (tertiary alicyclic amines) is 1. The van der Waals surface area contributed by atoms with Gasteiger partial charge in [-0.05, 0) is 52.6 Å². The lowest BCUT2D eigenvalue weighted by molar-refractivity contribution is -0.209. The fourth-order valence-electron chi connectivity index (χ4n) is 2.28. The third-order valence-corrected chi connectivity index (χ3v) is 3.33. The van der Waals surface area contributed by atoms with Gasteiger partial charge in [0.1, 0.15) is 0 Å². The van der Waals surface area contributed by atoms with Crippen LogP contribution in [0.25, 0.3) is 0 Å². The summed E-state index contributed by atoms with van der Waals surface area (Å²) in [6, 6.07) is 0. The standard InChI is InChI=1S/C13H25F3N2O/c1-12(2,3)17-7-10-5-4-6-18(8-10)9-11(19)13(14,15)16/h10-11,17,19H,4-9H2,1-3H3. The van der Waals surface area contributed by atoms with Gasteiger partial charge in [0.15, 0.2) is 6.10 Å². The molecule has 1 aliphatic heterocycles. The summed E-state index contributed by atoms with van der Waals surface area (Å²) in [5.74, 6) is 0.355. The van der Waals surface area contributed by atoms with Gasteiger partial charge in [-0.3, -0.25) is 0 Å². The lowest BCUT2D eigenvalue weighted by Crippen LogP contribution is -2.48. The number of rotatable bonds is 4. The minimum Gasteiger partial charge on any atom is -0.382 e.